The van der Waals surface area contributed by atoms with E-state index in [0.29, 0.717) is 12.6 Å². The third kappa shape index (κ3) is 14.4. The molecule has 0 saturated carbocycles. The average molecular weight is 359 g/mol. The smallest absolute Gasteiger partial charge is 0.290 e. The van der Waals surface area contributed by atoms with Gasteiger partial charge in [0.15, 0.2) is 0 Å². The molecule has 2 aliphatic rings. The van der Waals surface area contributed by atoms with Gasteiger partial charge in [-0.05, 0) is 51.7 Å². The highest BCUT2D eigenvalue weighted by atomic mass is 16.3. The van der Waals surface area contributed by atoms with Gasteiger partial charge >= 0.3 is 0 Å². The number of amides is 1. The number of carbonyl (C=O) groups is 3. The van der Waals surface area contributed by atoms with E-state index in [4.69, 9.17) is 19.8 Å². The summed E-state index contributed by atoms with van der Waals surface area (Å²) >= 11 is 0. The fourth-order valence-corrected chi connectivity index (χ4v) is 3.11. The number of rotatable bonds is 5. The second-order valence-corrected chi connectivity index (χ2v) is 6.19. The van der Waals surface area contributed by atoms with Crippen molar-refractivity contribution in [3.05, 3.63) is 0 Å². The lowest BCUT2D eigenvalue weighted by Crippen LogP contribution is -2.41. The van der Waals surface area contributed by atoms with E-state index in [2.05, 4.69) is 15.5 Å². The van der Waals surface area contributed by atoms with Crippen LogP contribution in [-0.4, -0.2) is 72.7 Å². The van der Waals surface area contributed by atoms with E-state index in [9.17, 15) is 4.79 Å². The number of piperidine rings is 1. The summed E-state index contributed by atoms with van der Waals surface area (Å²) < 4.78 is 0. The summed E-state index contributed by atoms with van der Waals surface area (Å²) in [5.74, 6) is 0.206. The van der Waals surface area contributed by atoms with Crippen molar-refractivity contribution in [2.24, 2.45) is 0 Å². The van der Waals surface area contributed by atoms with Gasteiger partial charge in [-0.15, -0.1) is 0 Å². The maximum atomic E-state index is 11.9. The Morgan fingerprint density at radius 3 is 2.16 bits per heavy atom. The topological polar surface area (TPSA) is 119 Å². The van der Waals surface area contributed by atoms with Crippen LogP contribution in [0, 0.1) is 0 Å². The SMILES string of the molecule is O=C(CN1CCCCCC1)NCCC1CCCCN1.O=CO.O=CO. The molecule has 8 nitrogen and oxygen atoms in total. The molecular weight excluding hydrogens is 326 g/mol. The maximum absolute atomic E-state index is 11.9. The molecule has 0 aromatic rings. The molecule has 8 heteroatoms. The van der Waals surface area contributed by atoms with Crippen molar-refractivity contribution in [3.63, 3.8) is 0 Å². The van der Waals surface area contributed by atoms with E-state index in [1.165, 1.54) is 44.9 Å². The molecule has 0 spiro atoms. The molecule has 2 saturated heterocycles. The van der Waals surface area contributed by atoms with E-state index in [0.717, 1.165) is 32.6 Å². The zero-order chi connectivity index (χ0) is 18.8. The Hall–Kier alpha value is -1.67. The van der Waals surface area contributed by atoms with Crippen molar-refractivity contribution < 1.29 is 24.6 Å². The normalized spacial score (nSPS) is 20.6. The van der Waals surface area contributed by atoms with Gasteiger partial charge in [0.2, 0.25) is 5.91 Å². The molecule has 0 radical (unpaired) electrons. The number of carbonyl (C=O) groups excluding carboxylic acids is 1. The molecule has 0 bridgehead atoms. The van der Waals surface area contributed by atoms with Gasteiger partial charge in [0.05, 0.1) is 6.54 Å². The molecule has 0 aliphatic carbocycles. The van der Waals surface area contributed by atoms with Gasteiger partial charge in [-0.2, -0.15) is 0 Å². The number of hydrogen-bond acceptors (Lipinski definition) is 5. The number of likely N-dealkylation sites (tertiary alicyclic amines) is 1. The molecule has 2 aliphatic heterocycles. The van der Waals surface area contributed by atoms with Crippen molar-refractivity contribution in [1.82, 2.24) is 15.5 Å². The van der Waals surface area contributed by atoms with Crippen LogP contribution in [-0.2, 0) is 14.4 Å². The minimum atomic E-state index is -0.250. The van der Waals surface area contributed by atoms with E-state index in [1.54, 1.807) is 0 Å². The summed E-state index contributed by atoms with van der Waals surface area (Å²) in [7, 11) is 0. The lowest BCUT2D eigenvalue weighted by molar-refractivity contribution is -0.123. The van der Waals surface area contributed by atoms with Crippen LogP contribution in [0.25, 0.3) is 0 Å². The lowest BCUT2D eigenvalue weighted by atomic mass is 10.0. The van der Waals surface area contributed by atoms with Gasteiger partial charge < -0.3 is 20.8 Å². The molecule has 146 valence electrons. The van der Waals surface area contributed by atoms with E-state index in [-0.39, 0.29) is 18.9 Å². The first-order chi connectivity index (χ1) is 12.2. The fraction of sp³-hybridized carbons (Fsp3) is 0.824. The second kappa shape index (κ2) is 17.2. The number of nitrogens with one attached hydrogen (secondary N) is 2. The Morgan fingerprint density at radius 2 is 1.64 bits per heavy atom. The number of hydrogen-bond donors (Lipinski definition) is 4. The molecule has 0 aromatic carbocycles. The van der Waals surface area contributed by atoms with Crippen molar-refractivity contribution in [2.45, 2.75) is 57.4 Å². The van der Waals surface area contributed by atoms with Crippen LogP contribution in [0.1, 0.15) is 51.4 Å². The van der Waals surface area contributed by atoms with E-state index >= 15 is 0 Å². The standard InChI is InChI=1S/C15H29N3O.2CH2O2/c19-15(13-18-11-5-1-2-6-12-18)17-10-8-14-7-3-4-9-16-14;2*2-1-3/h14,16H,1-13H2,(H,17,19);2*1H,(H,2,3). The Balaban J connectivity index is 0.000000844. The van der Waals surface area contributed by atoms with Gasteiger partial charge in [0, 0.05) is 12.6 Å². The average Bonchev–Trinajstić information content (AvgIpc) is 2.86. The first-order valence-corrected chi connectivity index (χ1v) is 9.06. The third-order valence-electron chi connectivity index (χ3n) is 4.29. The van der Waals surface area contributed by atoms with Crippen LogP contribution in [0.3, 0.4) is 0 Å². The third-order valence-corrected chi connectivity index (χ3v) is 4.29. The quantitative estimate of drug-likeness (QED) is 0.539. The van der Waals surface area contributed by atoms with E-state index < -0.39 is 0 Å². The van der Waals surface area contributed by atoms with E-state index in [1.807, 2.05) is 0 Å². The molecule has 4 N–H and O–H groups in total. The molecule has 2 fully saturated rings. The van der Waals surface area contributed by atoms with Crippen LogP contribution >= 0.6 is 0 Å². The van der Waals surface area contributed by atoms with Gasteiger partial charge in [-0.25, -0.2) is 0 Å². The van der Waals surface area contributed by atoms with Gasteiger partial charge in [-0.1, -0.05) is 19.3 Å². The highest BCUT2D eigenvalue weighted by Crippen LogP contribution is 2.10. The van der Waals surface area contributed by atoms with Crippen molar-refractivity contribution in [2.75, 3.05) is 32.7 Å². The second-order valence-electron chi connectivity index (χ2n) is 6.19. The summed E-state index contributed by atoms with van der Waals surface area (Å²) in [6.07, 6.45) is 10.1. The van der Waals surface area contributed by atoms with Crippen LogP contribution < -0.4 is 10.6 Å². The first kappa shape index (κ1) is 23.3. The zero-order valence-electron chi connectivity index (χ0n) is 15.0. The maximum Gasteiger partial charge on any atom is 0.290 e. The van der Waals surface area contributed by atoms with Gasteiger partial charge in [0.1, 0.15) is 0 Å². The molecule has 1 unspecified atom stereocenters. The first-order valence-electron chi connectivity index (χ1n) is 9.06. The van der Waals surface area contributed by atoms with Gasteiger partial charge in [-0.3, -0.25) is 19.3 Å². The summed E-state index contributed by atoms with van der Waals surface area (Å²) in [6.45, 7) is 4.25. The Bertz CT molecular complexity index is 335. The monoisotopic (exact) mass is 359 g/mol. The van der Waals surface area contributed by atoms with Crippen LogP contribution in [0.5, 0.6) is 0 Å². The molecule has 2 heterocycles. The largest absolute Gasteiger partial charge is 0.483 e. The molecule has 2 rings (SSSR count). The molecular formula is C17H33N3O5. The predicted molar refractivity (Wildman–Crippen MR) is 95.6 cm³/mol. The zero-order valence-corrected chi connectivity index (χ0v) is 15.0. The predicted octanol–water partition coefficient (Wildman–Crippen LogP) is 0.912. The highest BCUT2D eigenvalue weighted by Gasteiger charge is 2.14. The Labute approximate surface area is 150 Å². The van der Waals surface area contributed by atoms with Crippen molar-refractivity contribution in [1.29, 1.82) is 0 Å². The minimum absolute atomic E-state index is 0.206. The Morgan fingerprint density at radius 1 is 1.04 bits per heavy atom. The van der Waals surface area contributed by atoms with Crippen LogP contribution in [0.2, 0.25) is 0 Å². The summed E-state index contributed by atoms with van der Waals surface area (Å²) in [5, 5.41) is 20.4. The van der Waals surface area contributed by atoms with Crippen LogP contribution in [0.4, 0.5) is 0 Å². The summed E-state index contributed by atoms with van der Waals surface area (Å²) in [4.78, 5) is 30.9. The minimum Gasteiger partial charge on any atom is -0.483 e. The molecule has 25 heavy (non-hydrogen) atoms. The fourth-order valence-electron chi connectivity index (χ4n) is 3.11. The Kier molecular flexibility index (Phi) is 16.0. The summed E-state index contributed by atoms with van der Waals surface area (Å²) in [5.41, 5.74) is 0. The number of nitrogens with zero attached hydrogens (tertiary/aromatic N) is 1. The van der Waals surface area contributed by atoms with Crippen molar-refractivity contribution in [3.8, 4) is 0 Å². The summed E-state index contributed by atoms with van der Waals surface area (Å²) in [6, 6.07) is 0.618. The molecule has 1 amide bonds. The lowest BCUT2D eigenvalue weighted by Gasteiger charge is -2.24. The molecule has 1 atom stereocenters. The van der Waals surface area contributed by atoms with Gasteiger partial charge in [0.25, 0.3) is 12.9 Å². The number of carboxylic acid groups (broad SMARTS) is 2. The van der Waals surface area contributed by atoms with Crippen LogP contribution in [0.15, 0.2) is 0 Å². The molecule has 0 aromatic heterocycles. The highest BCUT2D eigenvalue weighted by molar-refractivity contribution is 5.77. The van der Waals surface area contributed by atoms with Crippen molar-refractivity contribution >= 4 is 18.9 Å².